The van der Waals surface area contributed by atoms with Crippen LogP contribution in [0.1, 0.15) is 29.0 Å². The molecule has 0 aliphatic heterocycles. The maximum Gasteiger partial charge on any atom is 0.0578 e. The summed E-state index contributed by atoms with van der Waals surface area (Å²) in [5.74, 6) is 0. The normalized spacial score (nSPS) is 12.5. The number of hydrogen-bond donors (Lipinski definition) is 1. The predicted molar refractivity (Wildman–Crippen MR) is 80.0 cm³/mol. The van der Waals surface area contributed by atoms with Gasteiger partial charge in [0, 0.05) is 20.4 Å². The van der Waals surface area contributed by atoms with Gasteiger partial charge in [0.1, 0.15) is 0 Å². The Morgan fingerprint density at radius 3 is 2.53 bits per heavy atom. The smallest absolute Gasteiger partial charge is 0.0578 e. The van der Waals surface area contributed by atoms with Crippen LogP contribution in [-0.2, 0) is 0 Å². The van der Waals surface area contributed by atoms with E-state index < -0.39 is 0 Å². The van der Waals surface area contributed by atoms with Crippen molar-refractivity contribution >= 4 is 33.0 Å². The third-order valence-corrected chi connectivity index (χ3v) is 4.78. The second-order valence-electron chi connectivity index (χ2n) is 4.33. The first kappa shape index (κ1) is 12.7. The molecule has 1 unspecified atom stereocenters. The largest absolute Gasteiger partial charge is 0.378 e. The molecule has 2 aromatic rings. The lowest BCUT2D eigenvalue weighted by Gasteiger charge is -2.14. The van der Waals surface area contributed by atoms with Crippen molar-refractivity contribution in [2.45, 2.75) is 26.8 Å². The number of benzene rings is 1. The van der Waals surface area contributed by atoms with Crippen LogP contribution in [0.15, 0.2) is 34.1 Å². The molecule has 0 fully saturated rings. The third-order valence-electron chi connectivity index (χ3n) is 2.90. The standard InChI is InChI=1S/C14H16BrNS/c1-9-4-5-13(6-10(9)2)16-11(3)14-7-12(15)8-17-14/h4-8,11,16H,1-3H3. The van der Waals surface area contributed by atoms with Crippen molar-refractivity contribution in [1.82, 2.24) is 0 Å². The van der Waals surface area contributed by atoms with E-state index in [2.05, 4.69) is 71.7 Å². The number of hydrogen-bond acceptors (Lipinski definition) is 2. The van der Waals surface area contributed by atoms with E-state index in [1.54, 1.807) is 11.3 Å². The Bertz CT molecular complexity index is 519. The molecular weight excluding hydrogens is 294 g/mol. The Hall–Kier alpha value is -0.800. The summed E-state index contributed by atoms with van der Waals surface area (Å²) in [5, 5.41) is 5.65. The fraction of sp³-hybridized carbons (Fsp3) is 0.286. The minimum Gasteiger partial charge on any atom is -0.378 e. The van der Waals surface area contributed by atoms with Crippen molar-refractivity contribution in [1.29, 1.82) is 0 Å². The van der Waals surface area contributed by atoms with Crippen molar-refractivity contribution in [2.75, 3.05) is 5.32 Å². The first-order valence-corrected chi connectivity index (χ1v) is 7.31. The molecule has 0 saturated heterocycles. The topological polar surface area (TPSA) is 12.0 Å². The number of aryl methyl sites for hydroxylation is 2. The molecule has 1 aromatic carbocycles. The Kier molecular flexibility index (Phi) is 3.89. The van der Waals surface area contributed by atoms with Crippen molar-refractivity contribution in [3.8, 4) is 0 Å². The quantitative estimate of drug-likeness (QED) is 0.811. The highest BCUT2D eigenvalue weighted by Crippen LogP contribution is 2.28. The summed E-state index contributed by atoms with van der Waals surface area (Å²) in [4.78, 5) is 1.34. The molecule has 1 N–H and O–H groups in total. The Balaban J connectivity index is 2.12. The fourth-order valence-corrected chi connectivity index (χ4v) is 3.16. The number of rotatable bonds is 3. The molecular formula is C14H16BrNS. The van der Waals surface area contributed by atoms with Crippen LogP contribution >= 0.6 is 27.3 Å². The van der Waals surface area contributed by atoms with Gasteiger partial charge < -0.3 is 5.32 Å². The third kappa shape index (κ3) is 3.11. The molecule has 0 bridgehead atoms. The fourth-order valence-electron chi connectivity index (χ4n) is 1.71. The molecule has 3 heteroatoms. The minimum absolute atomic E-state index is 0.341. The number of nitrogens with one attached hydrogen (secondary N) is 1. The van der Waals surface area contributed by atoms with Crippen LogP contribution < -0.4 is 5.32 Å². The predicted octanol–water partition coefficient (Wildman–Crippen LogP) is 5.30. The van der Waals surface area contributed by atoms with Gasteiger partial charge in [0.05, 0.1) is 6.04 Å². The zero-order valence-corrected chi connectivity index (χ0v) is 12.7. The van der Waals surface area contributed by atoms with Crippen molar-refractivity contribution in [2.24, 2.45) is 0 Å². The number of halogens is 1. The second kappa shape index (κ2) is 5.23. The second-order valence-corrected chi connectivity index (χ2v) is 6.19. The van der Waals surface area contributed by atoms with Crippen molar-refractivity contribution in [3.05, 3.63) is 50.1 Å². The van der Waals surface area contributed by atoms with E-state index in [9.17, 15) is 0 Å². The molecule has 1 nitrogen and oxygen atoms in total. The Morgan fingerprint density at radius 1 is 1.18 bits per heavy atom. The molecule has 1 atom stereocenters. The summed E-state index contributed by atoms with van der Waals surface area (Å²) < 4.78 is 1.16. The van der Waals surface area contributed by atoms with Crippen molar-refractivity contribution in [3.63, 3.8) is 0 Å². The van der Waals surface area contributed by atoms with E-state index in [-0.39, 0.29) is 0 Å². The van der Waals surface area contributed by atoms with Crippen LogP contribution in [0, 0.1) is 13.8 Å². The highest BCUT2D eigenvalue weighted by molar-refractivity contribution is 9.10. The summed E-state index contributed by atoms with van der Waals surface area (Å²) in [6, 6.07) is 9.02. The van der Waals surface area contributed by atoms with Gasteiger partial charge in [-0.05, 0) is 66.0 Å². The molecule has 0 radical (unpaired) electrons. The van der Waals surface area contributed by atoms with Crippen LogP contribution in [0.4, 0.5) is 5.69 Å². The van der Waals surface area contributed by atoms with Gasteiger partial charge in [0.2, 0.25) is 0 Å². The van der Waals surface area contributed by atoms with E-state index in [1.807, 2.05) is 0 Å². The molecule has 0 aliphatic carbocycles. The first-order chi connectivity index (χ1) is 8.06. The van der Waals surface area contributed by atoms with Crippen LogP contribution in [-0.4, -0.2) is 0 Å². The van der Waals surface area contributed by atoms with Gasteiger partial charge in [-0.1, -0.05) is 6.07 Å². The van der Waals surface area contributed by atoms with E-state index in [0.717, 1.165) is 4.47 Å². The summed E-state index contributed by atoms with van der Waals surface area (Å²) in [6.07, 6.45) is 0. The maximum atomic E-state index is 3.53. The molecule has 0 aliphatic rings. The van der Waals surface area contributed by atoms with Crippen LogP contribution in [0.3, 0.4) is 0 Å². The van der Waals surface area contributed by atoms with Gasteiger partial charge in [0.25, 0.3) is 0 Å². The molecule has 0 saturated carbocycles. The van der Waals surface area contributed by atoms with Crippen LogP contribution in [0.25, 0.3) is 0 Å². The molecule has 2 rings (SSSR count). The SMILES string of the molecule is Cc1ccc(NC(C)c2cc(Br)cs2)cc1C. The highest BCUT2D eigenvalue weighted by Gasteiger charge is 2.08. The van der Waals surface area contributed by atoms with Crippen LogP contribution in [0.2, 0.25) is 0 Å². The van der Waals surface area contributed by atoms with E-state index in [0.29, 0.717) is 6.04 Å². The zero-order valence-electron chi connectivity index (χ0n) is 10.3. The molecule has 90 valence electrons. The molecule has 1 heterocycles. The van der Waals surface area contributed by atoms with Gasteiger partial charge >= 0.3 is 0 Å². The Labute approximate surface area is 115 Å². The lowest BCUT2D eigenvalue weighted by Crippen LogP contribution is -2.04. The lowest BCUT2D eigenvalue weighted by atomic mass is 10.1. The Morgan fingerprint density at radius 2 is 1.94 bits per heavy atom. The molecule has 1 aromatic heterocycles. The van der Waals surface area contributed by atoms with E-state index in [1.165, 1.54) is 21.7 Å². The highest BCUT2D eigenvalue weighted by atomic mass is 79.9. The van der Waals surface area contributed by atoms with Gasteiger partial charge in [0.15, 0.2) is 0 Å². The van der Waals surface area contributed by atoms with Crippen LogP contribution in [0.5, 0.6) is 0 Å². The minimum atomic E-state index is 0.341. The molecule has 0 spiro atoms. The number of anilines is 1. The van der Waals surface area contributed by atoms with Crippen molar-refractivity contribution < 1.29 is 0 Å². The van der Waals surface area contributed by atoms with Gasteiger partial charge in [-0.2, -0.15) is 0 Å². The van der Waals surface area contributed by atoms with Gasteiger partial charge in [-0.3, -0.25) is 0 Å². The average molecular weight is 310 g/mol. The summed E-state index contributed by atoms with van der Waals surface area (Å²) in [5.41, 5.74) is 3.85. The molecule has 17 heavy (non-hydrogen) atoms. The summed E-state index contributed by atoms with van der Waals surface area (Å²) in [6.45, 7) is 6.47. The lowest BCUT2D eigenvalue weighted by molar-refractivity contribution is 0.907. The van der Waals surface area contributed by atoms with E-state index in [4.69, 9.17) is 0 Å². The zero-order chi connectivity index (χ0) is 12.4. The van der Waals surface area contributed by atoms with E-state index >= 15 is 0 Å². The summed E-state index contributed by atoms with van der Waals surface area (Å²) in [7, 11) is 0. The first-order valence-electron chi connectivity index (χ1n) is 5.64. The average Bonchev–Trinajstić information content (AvgIpc) is 2.70. The number of thiophene rings is 1. The maximum absolute atomic E-state index is 3.53. The molecule has 0 amide bonds. The summed E-state index contributed by atoms with van der Waals surface area (Å²) >= 11 is 5.26. The van der Waals surface area contributed by atoms with Gasteiger partial charge in [-0.25, -0.2) is 0 Å². The van der Waals surface area contributed by atoms with Gasteiger partial charge in [-0.15, -0.1) is 11.3 Å². The monoisotopic (exact) mass is 309 g/mol.